The molecule has 5 heteroatoms. The molecule has 2 rings (SSSR count). The van der Waals surface area contributed by atoms with Crippen LogP contribution in [0.1, 0.15) is 24.4 Å². The van der Waals surface area contributed by atoms with E-state index < -0.39 is 0 Å². The van der Waals surface area contributed by atoms with Crippen molar-refractivity contribution in [2.24, 2.45) is 0 Å². The molecule has 1 unspecified atom stereocenters. The lowest BCUT2D eigenvalue weighted by atomic mass is 10.1. The van der Waals surface area contributed by atoms with Crippen molar-refractivity contribution >= 4 is 5.91 Å². The molecule has 2 N–H and O–H groups in total. The van der Waals surface area contributed by atoms with Crippen LogP contribution in [0.5, 0.6) is 5.75 Å². The Balaban J connectivity index is 1.95. The maximum Gasteiger partial charge on any atom is 0.234 e. The Morgan fingerprint density at radius 3 is 2.60 bits per heavy atom. The van der Waals surface area contributed by atoms with Crippen LogP contribution >= 0.6 is 0 Å². The summed E-state index contributed by atoms with van der Waals surface area (Å²) in [6, 6.07) is 7.71. The maximum absolute atomic E-state index is 11.8. The number of hydrogen-bond acceptors (Lipinski definition) is 4. The monoisotopic (exact) mass is 278 g/mol. The number of rotatable bonds is 7. The van der Waals surface area contributed by atoms with Gasteiger partial charge in [0.05, 0.1) is 26.3 Å². The number of aliphatic hydroxyl groups excluding tert-OH is 1. The molecule has 0 radical (unpaired) electrons. The Labute approximate surface area is 119 Å². The molecule has 0 bridgehead atoms. The van der Waals surface area contributed by atoms with Crippen molar-refractivity contribution in [3.05, 3.63) is 29.8 Å². The molecule has 0 aromatic heterocycles. The van der Waals surface area contributed by atoms with Crippen molar-refractivity contribution in [1.29, 1.82) is 0 Å². The van der Waals surface area contributed by atoms with Crippen LogP contribution < -0.4 is 10.1 Å². The Kier molecular flexibility index (Phi) is 4.98. The summed E-state index contributed by atoms with van der Waals surface area (Å²) < 4.78 is 5.12. The average Bonchev–Trinajstić information content (AvgIpc) is 3.24. The van der Waals surface area contributed by atoms with Gasteiger partial charge in [0.15, 0.2) is 0 Å². The number of ether oxygens (including phenoxy) is 1. The van der Waals surface area contributed by atoms with Crippen LogP contribution in [-0.4, -0.2) is 49.3 Å². The molecule has 1 amide bonds. The van der Waals surface area contributed by atoms with Crippen molar-refractivity contribution in [2.75, 3.05) is 27.3 Å². The van der Waals surface area contributed by atoms with Crippen LogP contribution in [0.3, 0.4) is 0 Å². The van der Waals surface area contributed by atoms with Crippen LogP contribution in [0.25, 0.3) is 0 Å². The van der Waals surface area contributed by atoms with Crippen LogP contribution in [-0.2, 0) is 4.79 Å². The molecule has 110 valence electrons. The lowest BCUT2D eigenvalue weighted by molar-refractivity contribution is -0.122. The second-order valence-electron chi connectivity index (χ2n) is 5.23. The first kappa shape index (κ1) is 14.8. The normalized spacial score (nSPS) is 16.0. The standard InChI is InChI=1S/C15H22N2O3/c1-17(9-15(19)16-12-5-6-12)14(10-18)11-3-7-13(20-2)8-4-11/h3-4,7-8,12,14,18H,5-6,9-10H2,1-2H3,(H,16,19). The van der Waals surface area contributed by atoms with Gasteiger partial charge in [-0.2, -0.15) is 0 Å². The second-order valence-corrected chi connectivity index (χ2v) is 5.23. The van der Waals surface area contributed by atoms with Gasteiger partial charge in [0.1, 0.15) is 5.75 Å². The predicted molar refractivity (Wildman–Crippen MR) is 76.6 cm³/mol. The van der Waals surface area contributed by atoms with E-state index in [-0.39, 0.29) is 25.1 Å². The van der Waals surface area contributed by atoms with Gasteiger partial charge in [-0.3, -0.25) is 9.69 Å². The molecule has 0 spiro atoms. The van der Waals surface area contributed by atoms with Gasteiger partial charge in [0, 0.05) is 6.04 Å². The molecule has 1 saturated carbocycles. The highest BCUT2D eigenvalue weighted by Crippen LogP contribution is 2.22. The Hall–Kier alpha value is -1.59. The molecule has 0 aliphatic heterocycles. The minimum absolute atomic E-state index is 0.0157. The zero-order chi connectivity index (χ0) is 14.5. The number of nitrogens with one attached hydrogen (secondary N) is 1. The van der Waals surface area contributed by atoms with Crippen LogP contribution in [0.2, 0.25) is 0 Å². The number of carbonyl (C=O) groups is 1. The van der Waals surface area contributed by atoms with Crippen molar-refractivity contribution in [3.8, 4) is 5.75 Å². The van der Waals surface area contributed by atoms with Crippen LogP contribution in [0.4, 0.5) is 0 Å². The fourth-order valence-electron chi connectivity index (χ4n) is 2.16. The highest BCUT2D eigenvalue weighted by atomic mass is 16.5. The summed E-state index contributed by atoms with van der Waals surface area (Å²) in [6.07, 6.45) is 2.16. The van der Waals surface area contributed by atoms with Crippen LogP contribution in [0.15, 0.2) is 24.3 Å². The molecule has 0 saturated heterocycles. The van der Waals surface area contributed by atoms with E-state index in [1.54, 1.807) is 7.11 Å². The number of methoxy groups -OCH3 is 1. The van der Waals surface area contributed by atoms with Gasteiger partial charge in [-0.1, -0.05) is 12.1 Å². The first-order valence-corrected chi connectivity index (χ1v) is 6.88. The van der Waals surface area contributed by atoms with Gasteiger partial charge in [-0.15, -0.1) is 0 Å². The highest BCUT2D eigenvalue weighted by molar-refractivity contribution is 5.78. The van der Waals surface area contributed by atoms with Crippen molar-refractivity contribution in [1.82, 2.24) is 10.2 Å². The van der Waals surface area contributed by atoms with E-state index in [9.17, 15) is 9.90 Å². The van der Waals surface area contributed by atoms with Crippen LogP contribution in [0, 0.1) is 0 Å². The summed E-state index contributed by atoms with van der Waals surface area (Å²) >= 11 is 0. The molecule has 1 aliphatic carbocycles. The van der Waals surface area contributed by atoms with Gasteiger partial charge in [-0.05, 0) is 37.6 Å². The fourth-order valence-corrected chi connectivity index (χ4v) is 2.16. The highest BCUT2D eigenvalue weighted by Gasteiger charge is 2.25. The third-order valence-corrected chi connectivity index (χ3v) is 3.54. The Bertz CT molecular complexity index is 443. The molecule has 1 aromatic carbocycles. The second kappa shape index (κ2) is 6.72. The van der Waals surface area contributed by atoms with Gasteiger partial charge in [0.2, 0.25) is 5.91 Å². The summed E-state index contributed by atoms with van der Waals surface area (Å²) in [5, 5.41) is 12.5. The topological polar surface area (TPSA) is 61.8 Å². The lowest BCUT2D eigenvalue weighted by Crippen LogP contribution is -2.39. The largest absolute Gasteiger partial charge is 0.497 e. The number of carbonyl (C=O) groups excluding carboxylic acids is 1. The number of nitrogens with zero attached hydrogens (tertiary/aromatic N) is 1. The maximum atomic E-state index is 11.8. The lowest BCUT2D eigenvalue weighted by Gasteiger charge is -2.26. The fraction of sp³-hybridized carbons (Fsp3) is 0.533. The number of benzene rings is 1. The number of amides is 1. The van der Waals surface area contributed by atoms with E-state index in [1.807, 2.05) is 36.2 Å². The van der Waals surface area contributed by atoms with E-state index in [0.29, 0.717) is 6.04 Å². The van der Waals surface area contributed by atoms with E-state index in [1.165, 1.54) is 0 Å². The zero-order valence-corrected chi connectivity index (χ0v) is 12.0. The summed E-state index contributed by atoms with van der Waals surface area (Å²) in [7, 11) is 3.46. The number of aliphatic hydroxyl groups is 1. The molecular weight excluding hydrogens is 256 g/mol. The van der Waals surface area contributed by atoms with E-state index >= 15 is 0 Å². The van der Waals surface area contributed by atoms with Gasteiger partial charge < -0.3 is 15.2 Å². The smallest absolute Gasteiger partial charge is 0.234 e. The number of hydrogen-bond donors (Lipinski definition) is 2. The summed E-state index contributed by atoms with van der Waals surface area (Å²) in [5.74, 6) is 0.793. The first-order valence-electron chi connectivity index (χ1n) is 6.88. The van der Waals surface area contributed by atoms with Gasteiger partial charge in [-0.25, -0.2) is 0 Å². The molecule has 20 heavy (non-hydrogen) atoms. The van der Waals surface area contributed by atoms with E-state index in [4.69, 9.17) is 4.74 Å². The number of likely N-dealkylation sites (N-methyl/N-ethyl adjacent to an activating group) is 1. The molecule has 1 fully saturated rings. The molecule has 1 aromatic rings. The molecule has 0 heterocycles. The summed E-state index contributed by atoms with van der Waals surface area (Å²) in [5.41, 5.74) is 0.968. The molecule has 5 nitrogen and oxygen atoms in total. The Morgan fingerprint density at radius 2 is 2.10 bits per heavy atom. The summed E-state index contributed by atoms with van der Waals surface area (Å²) in [6.45, 7) is 0.257. The SMILES string of the molecule is COc1ccc(C(CO)N(C)CC(=O)NC2CC2)cc1. The molecule has 1 atom stereocenters. The summed E-state index contributed by atoms with van der Waals surface area (Å²) in [4.78, 5) is 13.7. The van der Waals surface area contributed by atoms with E-state index in [2.05, 4.69) is 5.32 Å². The predicted octanol–water partition coefficient (Wildman–Crippen LogP) is 0.939. The quantitative estimate of drug-likeness (QED) is 0.779. The minimum atomic E-state index is -0.189. The third kappa shape index (κ3) is 3.95. The zero-order valence-electron chi connectivity index (χ0n) is 12.0. The molecule has 1 aliphatic rings. The van der Waals surface area contributed by atoms with Crippen molar-refractivity contribution in [3.63, 3.8) is 0 Å². The first-order chi connectivity index (χ1) is 9.63. The average molecular weight is 278 g/mol. The van der Waals surface area contributed by atoms with Gasteiger partial charge >= 0.3 is 0 Å². The molecular formula is C15H22N2O3. The third-order valence-electron chi connectivity index (χ3n) is 3.54. The minimum Gasteiger partial charge on any atom is -0.497 e. The van der Waals surface area contributed by atoms with Crippen molar-refractivity contribution in [2.45, 2.75) is 24.9 Å². The van der Waals surface area contributed by atoms with Gasteiger partial charge in [0.25, 0.3) is 0 Å². The van der Waals surface area contributed by atoms with Crippen molar-refractivity contribution < 1.29 is 14.6 Å². The van der Waals surface area contributed by atoms with E-state index in [0.717, 1.165) is 24.2 Å². The Morgan fingerprint density at radius 1 is 1.45 bits per heavy atom.